The highest BCUT2D eigenvalue weighted by Crippen LogP contribution is 2.32. The molecule has 6 rings (SSSR count). The summed E-state index contributed by atoms with van der Waals surface area (Å²) in [5.41, 5.74) is 6.39. The summed E-state index contributed by atoms with van der Waals surface area (Å²) in [5.74, 6) is 0.843. The molecule has 220 valence electrons. The molecule has 3 aliphatic heterocycles. The van der Waals surface area contributed by atoms with Gasteiger partial charge in [-0.3, -0.25) is 9.59 Å². The largest absolute Gasteiger partial charge is 0.350 e. The highest BCUT2D eigenvalue weighted by Gasteiger charge is 2.29. The molecule has 42 heavy (non-hydrogen) atoms. The number of likely N-dealkylation sites (tertiary alicyclic amines) is 2. The first-order valence-corrected chi connectivity index (χ1v) is 15.8. The average Bonchev–Trinajstić information content (AvgIpc) is 3.42. The van der Waals surface area contributed by atoms with Crippen LogP contribution in [-0.4, -0.2) is 59.9 Å². The Morgan fingerprint density at radius 2 is 1.69 bits per heavy atom. The lowest BCUT2D eigenvalue weighted by Crippen LogP contribution is -2.54. The van der Waals surface area contributed by atoms with Crippen LogP contribution in [0.4, 0.5) is 0 Å². The quantitative estimate of drug-likeness (QED) is 0.368. The number of benzene rings is 3. The van der Waals surface area contributed by atoms with Crippen LogP contribution in [0.3, 0.4) is 0 Å². The molecule has 7 heteroatoms. The van der Waals surface area contributed by atoms with E-state index >= 15 is 0 Å². The molecule has 2 fully saturated rings. The minimum absolute atomic E-state index is 0.00246. The average molecular weight is 585 g/mol. The lowest BCUT2D eigenvalue weighted by Gasteiger charge is -2.36. The maximum atomic E-state index is 13.5. The first-order chi connectivity index (χ1) is 20.5. The normalized spacial score (nSPS) is 20.4. The van der Waals surface area contributed by atoms with Crippen LogP contribution in [0.25, 0.3) is 0 Å². The third kappa shape index (κ3) is 7.05. The Balaban J connectivity index is 1.09. The van der Waals surface area contributed by atoms with Crippen LogP contribution < -0.4 is 10.6 Å². The van der Waals surface area contributed by atoms with Crippen LogP contribution in [0, 0.1) is 0 Å². The molecule has 0 radical (unpaired) electrons. The van der Waals surface area contributed by atoms with E-state index in [1.165, 1.54) is 27.8 Å². The van der Waals surface area contributed by atoms with Gasteiger partial charge in [-0.2, -0.15) is 0 Å². The molecular weight excluding hydrogens is 544 g/mol. The highest BCUT2D eigenvalue weighted by molar-refractivity contribution is 6.30. The van der Waals surface area contributed by atoms with Crippen molar-refractivity contribution < 1.29 is 9.59 Å². The third-order valence-corrected chi connectivity index (χ3v) is 9.49. The van der Waals surface area contributed by atoms with E-state index in [-0.39, 0.29) is 23.9 Å². The van der Waals surface area contributed by atoms with E-state index in [0.717, 1.165) is 70.0 Å². The Kier molecular flexibility index (Phi) is 9.23. The van der Waals surface area contributed by atoms with E-state index in [4.69, 9.17) is 11.6 Å². The molecule has 0 aromatic heterocycles. The van der Waals surface area contributed by atoms with E-state index < -0.39 is 0 Å². The van der Waals surface area contributed by atoms with Crippen molar-refractivity contribution in [1.82, 2.24) is 20.4 Å². The Bertz CT molecular complexity index is 1390. The fourth-order valence-electron chi connectivity index (χ4n) is 6.90. The Hall–Kier alpha value is -3.19. The van der Waals surface area contributed by atoms with Gasteiger partial charge < -0.3 is 20.4 Å². The minimum atomic E-state index is -0.225. The van der Waals surface area contributed by atoms with Gasteiger partial charge in [0.25, 0.3) is 0 Å². The van der Waals surface area contributed by atoms with Gasteiger partial charge in [0.1, 0.15) is 0 Å². The molecule has 0 unspecified atom stereocenters. The summed E-state index contributed by atoms with van der Waals surface area (Å²) < 4.78 is 0. The van der Waals surface area contributed by atoms with E-state index in [0.29, 0.717) is 18.8 Å². The predicted molar refractivity (Wildman–Crippen MR) is 167 cm³/mol. The molecule has 3 heterocycles. The van der Waals surface area contributed by atoms with E-state index in [1.807, 2.05) is 17.0 Å². The number of fused-ring (bicyclic) bond motifs is 1. The zero-order valence-electron chi connectivity index (χ0n) is 24.2. The van der Waals surface area contributed by atoms with E-state index in [9.17, 15) is 9.59 Å². The lowest BCUT2D eigenvalue weighted by molar-refractivity contribution is -0.128. The van der Waals surface area contributed by atoms with Gasteiger partial charge in [-0.05, 0) is 91.1 Å². The van der Waals surface area contributed by atoms with Crippen LogP contribution >= 0.6 is 11.6 Å². The van der Waals surface area contributed by atoms with Crippen molar-refractivity contribution in [3.05, 3.63) is 106 Å². The number of amides is 2. The second kappa shape index (κ2) is 13.4. The number of hydrogen-bond acceptors (Lipinski definition) is 4. The Labute approximate surface area is 254 Å². The fraction of sp³-hybridized carbons (Fsp3) is 0.429. The topological polar surface area (TPSA) is 64.7 Å². The third-order valence-electron chi connectivity index (χ3n) is 9.23. The molecule has 3 aromatic carbocycles. The first kappa shape index (κ1) is 28.9. The summed E-state index contributed by atoms with van der Waals surface area (Å²) in [6.45, 7) is 5.11. The van der Waals surface area contributed by atoms with Crippen LogP contribution in [0.1, 0.15) is 59.4 Å². The van der Waals surface area contributed by atoms with E-state index in [1.54, 1.807) is 0 Å². The summed E-state index contributed by atoms with van der Waals surface area (Å²) in [7, 11) is 0. The molecule has 0 spiro atoms. The summed E-state index contributed by atoms with van der Waals surface area (Å²) in [4.78, 5) is 30.3. The zero-order valence-corrected chi connectivity index (χ0v) is 25.0. The van der Waals surface area contributed by atoms with Gasteiger partial charge in [0, 0.05) is 43.7 Å². The van der Waals surface area contributed by atoms with Crippen LogP contribution in [0.15, 0.2) is 72.8 Å². The minimum Gasteiger partial charge on any atom is -0.350 e. The van der Waals surface area contributed by atoms with Crippen molar-refractivity contribution in [3.8, 4) is 0 Å². The SMILES string of the molecule is O=C(N[C@H](Cc1ccc(Cl)cc1)CN1CCC(c2ccccc2CN2CCCC2=O)CC1)[C@H]1Cc2ccccc2CN1. The summed E-state index contributed by atoms with van der Waals surface area (Å²) in [6.07, 6.45) is 5.28. The molecule has 3 aromatic rings. The Morgan fingerprint density at radius 1 is 0.952 bits per heavy atom. The number of nitrogens with one attached hydrogen (secondary N) is 2. The molecular formula is C35H41ClN4O2. The summed E-state index contributed by atoms with van der Waals surface area (Å²) >= 11 is 6.16. The lowest BCUT2D eigenvalue weighted by atomic mass is 9.86. The molecule has 2 amide bonds. The molecule has 0 saturated carbocycles. The second-order valence-electron chi connectivity index (χ2n) is 12.1. The standard InChI is InChI=1S/C35H41ClN4O2/c36-30-13-11-25(12-14-30)20-31(38-35(42)33-21-27-6-1-2-7-28(27)22-37-33)24-39-18-15-26(16-19-39)32-9-4-3-8-29(32)23-40-17-5-10-34(40)41/h1-4,6-9,11-14,26,31,33,37H,5,10,15-24H2,(H,38,42)/t31-,33-/m1/s1. The summed E-state index contributed by atoms with van der Waals surface area (Å²) in [6, 6.07) is 24.8. The molecule has 3 aliphatic rings. The maximum absolute atomic E-state index is 13.5. The summed E-state index contributed by atoms with van der Waals surface area (Å²) in [5, 5.41) is 7.58. The van der Waals surface area contributed by atoms with Crippen LogP contribution in [-0.2, 0) is 35.5 Å². The molecule has 2 N–H and O–H groups in total. The number of rotatable bonds is 9. The maximum Gasteiger partial charge on any atom is 0.237 e. The van der Waals surface area contributed by atoms with Crippen molar-refractivity contribution in [2.45, 2.75) is 69.6 Å². The molecule has 0 bridgehead atoms. The molecule has 2 saturated heterocycles. The molecule has 6 nitrogen and oxygen atoms in total. The predicted octanol–water partition coefficient (Wildman–Crippen LogP) is 5.08. The smallest absolute Gasteiger partial charge is 0.237 e. The number of carbonyl (C=O) groups is 2. The van der Waals surface area contributed by atoms with Crippen LogP contribution in [0.5, 0.6) is 0 Å². The van der Waals surface area contributed by atoms with Crippen molar-refractivity contribution in [1.29, 1.82) is 0 Å². The molecule has 2 atom stereocenters. The van der Waals surface area contributed by atoms with E-state index in [2.05, 4.69) is 76.2 Å². The van der Waals surface area contributed by atoms with Gasteiger partial charge in [0.2, 0.25) is 11.8 Å². The van der Waals surface area contributed by atoms with Gasteiger partial charge >= 0.3 is 0 Å². The number of halogens is 1. The second-order valence-corrected chi connectivity index (χ2v) is 12.6. The van der Waals surface area contributed by atoms with Gasteiger partial charge in [-0.15, -0.1) is 0 Å². The molecule has 0 aliphatic carbocycles. The first-order valence-electron chi connectivity index (χ1n) is 15.4. The fourth-order valence-corrected chi connectivity index (χ4v) is 7.03. The van der Waals surface area contributed by atoms with Crippen molar-refractivity contribution in [3.63, 3.8) is 0 Å². The zero-order chi connectivity index (χ0) is 28.9. The Morgan fingerprint density at radius 3 is 2.45 bits per heavy atom. The van der Waals surface area contributed by atoms with Gasteiger partial charge in [0.15, 0.2) is 0 Å². The number of carbonyl (C=O) groups excluding carboxylic acids is 2. The van der Waals surface area contributed by atoms with Gasteiger partial charge in [-0.25, -0.2) is 0 Å². The van der Waals surface area contributed by atoms with Crippen molar-refractivity contribution in [2.75, 3.05) is 26.2 Å². The number of hydrogen-bond donors (Lipinski definition) is 2. The van der Waals surface area contributed by atoms with Crippen molar-refractivity contribution >= 4 is 23.4 Å². The van der Waals surface area contributed by atoms with Gasteiger partial charge in [-0.1, -0.05) is 72.3 Å². The highest BCUT2D eigenvalue weighted by atomic mass is 35.5. The number of piperidine rings is 1. The monoisotopic (exact) mass is 584 g/mol. The number of nitrogens with zero attached hydrogens (tertiary/aromatic N) is 2. The van der Waals surface area contributed by atoms with Crippen molar-refractivity contribution in [2.24, 2.45) is 0 Å². The van der Waals surface area contributed by atoms with Gasteiger partial charge in [0.05, 0.1) is 6.04 Å². The van der Waals surface area contributed by atoms with Crippen LogP contribution in [0.2, 0.25) is 5.02 Å².